The molecule has 25 heavy (non-hydrogen) atoms. The summed E-state index contributed by atoms with van der Waals surface area (Å²) in [5.74, 6) is 0. The van der Waals surface area contributed by atoms with E-state index in [4.69, 9.17) is 4.74 Å². The summed E-state index contributed by atoms with van der Waals surface area (Å²) in [6.45, 7) is -1.42. The minimum atomic E-state index is -4.45. The van der Waals surface area contributed by atoms with Gasteiger partial charge in [0.25, 0.3) is 6.02 Å². The Bertz CT molecular complexity index is 871. The van der Waals surface area contributed by atoms with E-state index in [0.29, 0.717) is 11.4 Å². The number of hydrogen-bond donors (Lipinski definition) is 1. The third-order valence-corrected chi connectivity index (χ3v) is 3.39. The number of benzene rings is 3. The maximum absolute atomic E-state index is 12.5. The van der Waals surface area contributed by atoms with E-state index in [0.717, 1.165) is 10.8 Å². The fraction of sp³-hybridized carbons (Fsp3) is 0.105. The lowest BCUT2D eigenvalue weighted by molar-refractivity contribution is -0.156. The van der Waals surface area contributed by atoms with Crippen LogP contribution in [-0.2, 0) is 4.74 Å². The van der Waals surface area contributed by atoms with Gasteiger partial charge < -0.3 is 10.1 Å². The summed E-state index contributed by atoms with van der Waals surface area (Å²) in [6, 6.07) is 21.5. The number of ether oxygens (including phenoxy) is 1. The van der Waals surface area contributed by atoms with Crippen molar-refractivity contribution in [2.24, 2.45) is 4.99 Å². The third-order valence-electron chi connectivity index (χ3n) is 3.39. The van der Waals surface area contributed by atoms with Crippen molar-refractivity contribution in [3.63, 3.8) is 0 Å². The highest BCUT2D eigenvalue weighted by molar-refractivity contribution is 5.97. The van der Waals surface area contributed by atoms with Gasteiger partial charge in [0.1, 0.15) is 0 Å². The summed E-state index contributed by atoms with van der Waals surface area (Å²) < 4.78 is 42.5. The van der Waals surface area contributed by atoms with Crippen LogP contribution in [0.2, 0.25) is 0 Å². The zero-order valence-electron chi connectivity index (χ0n) is 13.1. The first kappa shape index (κ1) is 16.8. The molecule has 3 aromatic rings. The largest absolute Gasteiger partial charge is 0.455 e. The van der Waals surface area contributed by atoms with Crippen molar-refractivity contribution in [1.82, 2.24) is 0 Å². The van der Waals surface area contributed by atoms with Gasteiger partial charge in [0.2, 0.25) is 0 Å². The van der Waals surface area contributed by atoms with Crippen molar-refractivity contribution in [1.29, 1.82) is 0 Å². The van der Waals surface area contributed by atoms with E-state index >= 15 is 0 Å². The molecule has 0 atom stereocenters. The maximum Gasteiger partial charge on any atom is 0.422 e. The standard InChI is InChI=1S/C19H15F3N2O/c20-19(21,22)13-25-18(23-15-9-2-1-3-10-15)24-17-12-6-8-14-7-4-5-11-16(14)17/h1-12H,13H2,(H,23,24). The number of para-hydroxylation sites is 1. The Labute approximate surface area is 142 Å². The number of nitrogens with zero attached hydrogens (tertiary/aromatic N) is 1. The fourth-order valence-corrected chi connectivity index (χ4v) is 2.31. The molecule has 0 aliphatic rings. The molecular formula is C19H15F3N2O. The molecule has 0 saturated heterocycles. The second kappa shape index (κ2) is 7.25. The zero-order chi connectivity index (χ0) is 17.7. The number of aliphatic imine (C=N–C) groups is 1. The Morgan fingerprint density at radius 1 is 0.880 bits per heavy atom. The van der Waals surface area contributed by atoms with Gasteiger partial charge in [-0.05, 0) is 23.6 Å². The Balaban J connectivity index is 1.95. The Hall–Kier alpha value is -3.02. The monoisotopic (exact) mass is 344 g/mol. The average Bonchev–Trinajstić information content (AvgIpc) is 2.60. The van der Waals surface area contributed by atoms with Crippen molar-refractivity contribution < 1.29 is 17.9 Å². The Morgan fingerprint density at radius 3 is 2.32 bits per heavy atom. The molecular weight excluding hydrogens is 329 g/mol. The Morgan fingerprint density at radius 2 is 1.56 bits per heavy atom. The minimum absolute atomic E-state index is 0.208. The van der Waals surface area contributed by atoms with Crippen LogP contribution in [0.3, 0.4) is 0 Å². The highest BCUT2D eigenvalue weighted by Gasteiger charge is 2.29. The van der Waals surface area contributed by atoms with Gasteiger partial charge in [-0.3, -0.25) is 0 Å². The Kier molecular flexibility index (Phi) is 4.88. The van der Waals surface area contributed by atoms with E-state index < -0.39 is 12.8 Å². The first-order valence-corrected chi connectivity index (χ1v) is 7.59. The first-order chi connectivity index (χ1) is 12.0. The molecule has 3 nitrogen and oxygen atoms in total. The van der Waals surface area contributed by atoms with Gasteiger partial charge in [0, 0.05) is 11.1 Å². The molecule has 0 heterocycles. The van der Waals surface area contributed by atoms with Crippen molar-refractivity contribution in [3.05, 3.63) is 72.8 Å². The van der Waals surface area contributed by atoms with Gasteiger partial charge in [0.15, 0.2) is 6.61 Å². The lowest BCUT2D eigenvalue weighted by atomic mass is 10.1. The topological polar surface area (TPSA) is 33.6 Å². The van der Waals surface area contributed by atoms with Crippen LogP contribution >= 0.6 is 0 Å². The van der Waals surface area contributed by atoms with Gasteiger partial charge >= 0.3 is 6.18 Å². The second-order valence-electron chi connectivity index (χ2n) is 5.31. The number of anilines is 1. The van der Waals surface area contributed by atoms with E-state index in [1.165, 1.54) is 0 Å². The van der Waals surface area contributed by atoms with Gasteiger partial charge in [0.05, 0.1) is 5.69 Å². The van der Waals surface area contributed by atoms with Crippen LogP contribution in [0.5, 0.6) is 0 Å². The highest BCUT2D eigenvalue weighted by atomic mass is 19.4. The fourth-order valence-electron chi connectivity index (χ4n) is 2.31. The molecule has 128 valence electrons. The van der Waals surface area contributed by atoms with Crippen LogP contribution in [0.15, 0.2) is 77.8 Å². The predicted molar refractivity (Wildman–Crippen MR) is 93.1 cm³/mol. The summed E-state index contributed by atoms with van der Waals surface area (Å²) in [5, 5.41) is 4.56. The third kappa shape index (κ3) is 4.73. The summed E-state index contributed by atoms with van der Waals surface area (Å²) in [6.07, 6.45) is -4.45. The van der Waals surface area contributed by atoms with E-state index in [2.05, 4.69) is 10.3 Å². The van der Waals surface area contributed by atoms with E-state index in [1.807, 2.05) is 36.4 Å². The normalized spacial score (nSPS) is 12.2. The molecule has 0 aromatic heterocycles. The van der Waals surface area contributed by atoms with Crippen molar-refractivity contribution in [2.75, 3.05) is 11.9 Å². The quantitative estimate of drug-likeness (QED) is 0.501. The molecule has 0 unspecified atom stereocenters. The van der Waals surface area contributed by atoms with Crippen molar-refractivity contribution in [2.45, 2.75) is 6.18 Å². The summed E-state index contributed by atoms with van der Waals surface area (Å²) in [7, 11) is 0. The summed E-state index contributed by atoms with van der Waals surface area (Å²) in [4.78, 5) is 4.27. The molecule has 0 aliphatic heterocycles. The molecule has 6 heteroatoms. The number of fused-ring (bicyclic) bond motifs is 1. The number of rotatable bonds is 3. The number of alkyl halides is 3. The minimum Gasteiger partial charge on any atom is -0.455 e. The molecule has 3 rings (SSSR count). The smallest absolute Gasteiger partial charge is 0.422 e. The molecule has 3 aromatic carbocycles. The van der Waals surface area contributed by atoms with Crippen LogP contribution in [-0.4, -0.2) is 18.8 Å². The molecule has 0 radical (unpaired) electrons. The number of amidine groups is 1. The summed E-state index contributed by atoms with van der Waals surface area (Å²) >= 11 is 0. The molecule has 0 spiro atoms. The lowest BCUT2D eigenvalue weighted by Crippen LogP contribution is -2.24. The maximum atomic E-state index is 12.5. The molecule has 1 N–H and O–H groups in total. The molecule has 0 aliphatic carbocycles. The van der Waals surface area contributed by atoms with E-state index in [9.17, 15) is 13.2 Å². The van der Waals surface area contributed by atoms with E-state index in [1.54, 1.807) is 36.4 Å². The molecule has 0 bridgehead atoms. The first-order valence-electron chi connectivity index (χ1n) is 7.59. The number of hydrogen-bond acceptors (Lipinski definition) is 2. The molecule has 0 amide bonds. The average molecular weight is 344 g/mol. The molecule has 0 fully saturated rings. The van der Waals surface area contributed by atoms with Crippen LogP contribution < -0.4 is 5.32 Å². The summed E-state index contributed by atoms with van der Waals surface area (Å²) in [5.41, 5.74) is 1.11. The lowest BCUT2D eigenvalue weighted by Gasteiger charge is -2.13. The predicted octanol–water partition coefficient (Wildman–Crippen LogP) is 5.52. The van der Waals surface area contributed by atoms with Gasteiger partial charge in [-0.2, -0.15) is 18.2 Å². The van der Waals surface area contributed by atoms with Gasteiger partial charge in [-0.1, -0.05) is 54.6 Å². The van der Waals surface area contributed by atoms with Crippen LogP contribution in [0.25, 0.3) is 10.8 Å². The highest BCUT2D eigenvalue weighted by Crippen LogP contribution is 2.26. The second-order valence-corrected chi connectivity index (χ2v) is 5.31. The van der Waals surface area contributed by atoms with Crippen molar-refractivity contribution in [3.8, 4) is 0 Å². The van der Waals surface area contributed by atoms with Gasteiger partial charge in [-0.25, -0.2) is 0 Å². The SMILES string of the molecule is FC(F)(F)COC(=Nc1cccc2ccccc12)Nc1ccccc1. The van der Waals surface area contributed by atoms with Gasteiger partial charge in [-0.15, -0.1) is 0 Å². The number of halogens is 3. The zero-order valence-corrected chi connectivity index (χ0v) is 13.1. The molecule has 0 saturated carbocycles. The van der Waals surface area contributed by atoms with Crippen LogP contribution in [0.4, 0.5) is 24.5 Å². The van der Waals surface area contributed by atoms with Crippen LogP contribution in [0.1, 0.15) is 0 Å². The van der Waals surface area contributed by atoms with Crippen molar-refractivity contribution >= 4 is 28.2 Å². The number of nitrogens with one attached hydrogen (secondary N) is 1. The van der Waals surface area contributed by atoms with E-state index in [-0.39, 0.29) is 6.02 Å². The van der Waals surface area contributed by atoms with Crippen LogP contribution in [0, 0.1) is 0 Å².